The van der Waals surface area contributed by atoms with E-state index in [9.17, 15) is 9.59 Å². The lowest BCUT2D eigenvalue weighted by Gasteiger charge is -2.28. The number of hydrogen-bond donors (Lipinski definition) is 1. The molecule has 7 heteroatoms. The lowest BCUT2D eigenvalue weighted by molar-refractivity contribution is -0.124. The molecule has 176 valence electrons. The van der Waals surface area contributed by atoms with E-state index in [4.69, 9.17) is 0 Å². The van der Waals surface area contributed by atoms with Crippen molar-refractivity contribution in [3.05, 3.63) is 75.7 Å². The molecule has 0 unspecified atom stereocenters. The number of aromatic nitrogens is 2. The molecule has 0 saturated heterocycles. The number of fused-ring (bicyclic) bond motifs is 4. The predicted octanol–water partition coefficient (Wildman–Crippen LogP) is 4.44. The number of benzene rings is 2. The zero-order chi connectivity index (χ0) is 23.7. The number of hydrogen-bond acceptors (Lipinski definition) is 5. The van der Waals surface area contributed by atoms with E-state index in [-0.39, 0.29) is 11.5 Å². The highest BCUT2D eigenvalue weighted by Crippen LogP contribution is 2.33. The van der Waals surface area contributed by atoms with Crippen LogP contribution in [-0.2, 0) is 17.8 Å². The smallest absolute Gasteiger partial charge is 0.276 e. The summed E-state index contributed by atoms with van der Waals surface area (Å²) < 4.78 is 3.36. The number of nitrogens with zero attached hydrogens (tertiary/aromatic N) is 3. The fourth-order valence-electron chi connectivity index (χ4n) is 4.94. The molecule has 2 aromatic heterocycles. The molecule has 0 bridgehead atoms. The highest BCUT2D eigenvalue weighted by Gasteiger charge is 2.24. The Hall–Kier alpha value is -3.03. The number of aryl methyl sites for hydroxylation is 1. The molecule has 0 fully saturated rings. The molecule has 1 aliphatic heterocycles. The fourth-order valence-corrected chi connectivity index (χ4v) is 6.07. The average molecular weight is 475 g/mol. The van der Waals surface area contributed by atoms with Crippen LogP contribution in [0.4, 0.5) is 0 Å². The zero-order valence-corrected chi connectivity index (χ0v) is 20.5. The molecular formula is C27H30N4O2S. The maximum absolute atomic E-state index is 13.4. The topological polar surface area (TPSA) is 67.2 Å². The second kappa shape index (κ2) is 9.68. The van der Waals surface area contributed by atoms with Gasteiger partial charge in [-0.25, -0.2) is 4.68 Å². The maximum atomic E-state index is 13.4. The second-order valence-corrected chi connectivity index (χ2v) is 10.1. The van der Waals surface area contributed by atoms with E-state index in [2.05, 4.69) is 39.6 Å². The summed E-state index contributed by atoms with van der Waals surface area (Å²) in [5, 5.41) is 9.22. The molecule has 1 N–H and O–H groups in total. The second-order valence-electron chi connectivity index (χ2n) is 9.00. The molecule has 1 aliphatic rings. The van der Waals surface area contributed by atoms with E-state index in [0.717, 1.165) is 53.0 Å². The molecule has 0 aliphatic carbocycles. The summed E-state index contributed by atoms with van der Waals surface area (Å²) in [6.45, 7) is 7.38. The van der Waals surface area contributed by atoms with E-state index in [0.29, 0.717) is 18.4 Å². The van der Waals surface area contributed by atoms with E-state index < -0.39 is 6.04 Å². The molecular weight excluding hydrogens is 444 g/mol. The molecule has 3 heterocycles. The molecule has 34 heavy (non-hydrogen) atoms. The fraction of sp³-hybridized carbons (Fsp3) is 0.370. The lowest BCUT2D eigenvalue weighted by atomic mass is 10.00. The Morgan fingerprint density at radius 2 is 1.91 bits per heavy atom. The van der Waals surface area contributed by atoms with E-state index in [1.165, 1.54) is 15.8 Å². The summed E-state index contributed by atoms with van der Waals surface area (Å²) in [5.74, 6) is -0.139. The molecule has 6 nitrogen and oxygen atoms in total. The molecule has 0 saturated carbocycles. The Morgan fingerprint density at radius 1 is 1.15 bits per heavy atom. The molecule has 0 spiro atoms. The van der Waals surface area contributed by atoms with Gasteiger partial charge in [0.1, 0.15) is 6.04 Å². The Labute approximate surface area is 203 Å². The van der Waals surface area contributed by atoms with Gasteiger partial charge in [-0.1, -0.05) is 49.4 Å². The van der Waals surface area contributed by atoms with Gasteiger partial charge in [0.05, 0.1) is 15.8 Å². The van der Waals surface area contributed by atoms with E-state index in [1.807, 2.05) is 38.1 Å². The minimum Gasteiger partial charge on any atom is -0.354 e. The number of carbonyl (C=O) groups excluding carboxylic acids is 1. The maximum Gasteiger partial charge on any atom is 0.276 e. The van der Waals surface area contributed by atoms with Crippen LogP contribution in [0.1, 0.15) is 42.6 Å². The van der Waals surface area contributed by atoms with E-state index >= 15 is 0 Å². The molecule has 5 rings (SSSR count). The van der Waals surface area contributed by atoms with Crippen LogP contribution < -0.4 is 10.9 Å². The van der Waals surface area contributed by atoms with Crippen molar-refractivity contribution in [2.24, 2.45) is 0 Å². The normalized spacial score (nSPS) is 14.9. The highest BCUT2D eigenvalue weighted by atomic mass is 32.1. The van der Waals surface area contributed by atoms with Crippen LogP contribution >= 0.6 is 11.3 Å². The van der Waals surface area contributed by atoms with Gasteiger partial charge in [-0.05, 0) is 43.4 Å². The summed E-state index contributed by atoms with van der Waals surface area (Å²) in [6, 6.07) is 15.9. The summed E-state index contributed by atoms with van der Waals surface area (Å²) in [6.07, 6.45) is 2.46. The van der Waals surface area contributed by atoms with Gasteiger partial charge in [0.15, 0.2) is 0 Å². The van der Waals surface area contributed by atoms with Crippen LogP contribution in [-0.4, -0.2) is 40.2 Å². The molecule has 1 atom stereocenters. The van der Waals surface area contributed by atoms with Crippen molar-refractivity contribution in [2.75, 3.05) is 19.6 Å². The summed E-state index contributed by atoms with van der Waals surface area (Å²) in [4.78, 5) is 28.9. The number of rotatable bonds is 7. The Kier molecular flexibility index (Phi) is 6.48. The molecule has 4 aromatic rings. The minimum atomic E-state index is -0.615. The van der Waals surface area contributed by atoms with Crippen molar-refractivity contribution in [1.82, 2.24) is 20.0 Å². The number of carbonyl (C=O) groups is 1. The van der Waals surface area contributed by atoms with Crippen molar-refractivity contribution in [3.8, 4) is 0 Å². The Morgan fingerprint density at radius 3 is 2.74 bits per heavy atom. The summed E-state index contributed by atoms with van der Waals surface area (Å²) in [7, 11) is 0. The van der Waals surface area contributed by atoms with Gasteiger partial charge >= 0.3 is 0 Å². The van der Waals surface area contributed by atoms with Gasteiger partial charge in [0, 0.05) is 36.3 Å². The predicted molar refractivity (Wildman–Crippen MR) is 139 cm³/mol. The molecule has 1 amide bonds. The molecule has 0 radical (unpaired) electrons. The van der Waals surface area contributed by atoms with Crippen LogP contribution in [0.5, 0.6) is 0 Å². The van der Waals surface area contributed by atoms with E-state index in [1.54, 1.807) is 11.3 Å². The SMILES string of the molecule is CC[C@H](C(=O)NCCCN1CCc2ccccc2C1)n1nc(C)c2sc3ccccc3c2c1=O. The first kappa shape index (κ1) is 22.7. The minimum absolute atomic E-state index is 0.139. The third-order valence-corrected chi connectivity index (χ3v) is 8.03. The zero-order valence-electron chi connectivity index (χ0n) is 19.7. The van der Waals surface area contributed by atoms with Crippen LogP contribution in [0.15, 0.2) is 53.3 Å². The molecule has 2 aromatic carbocycles. The van der Waals surface area contributed by atoms with Gasteiger partial charge in [0.2, 0.25) is 5.91 Å². The van der Waals surface area contributed by atoms with Crippen molar-refractivity contribution in [2.45, 2.75) is 45.7 Å². The van der Waals surface area contributed by atoms with Crippen LogP contribution in [0.2, 0.25) is 0 Å². The van der Waals surface area contributed by atoms with Gasteiger partial charge in [-0.3, -0.25) is 14.5 Å². The monoisotopic (exact) mass is 474 g/mol. The third-order valence-electron chi connectivity index (χ3n) is 6.75. The van der Waals surface area contributed by atoms with Crippen LogP contribution in [0.25, 0.3) is 20.2 Å². The summed E-state index contributed by atoms with van der Waals surface area (Å²) in [5.41, 5.74) is 3.45. The van der Waals surface area contributed by atoms with Gasteiger partial charge in [-0.15, -0.1) is 11.3 Å². The third kappa shape index (κ3) is 4.26. The van der Waals surface area contributed by atoms with Crippen LogP contribution in [0.3, 0.4) is 0 Å². The first-order chi connectivity index (χ1) is 16.6. The lowest BCUT2D eigenvalue weighted by Crippen LogP contribution is -2.40. The number of nitrogens with one attached hydrogen (secondary N) is 1. The first-order valence-electron chi connectivity index (χ1n) is 12.0. The number of amides is 1. The number of thiophene rings is 1. The highest BCUT2D eigenvalue weighted by molar-refractivity contribution is 7.26. The van der Waals surface area contributed by atoms with Gasteiger partial charge in [0.25, 0.3) is 5.56 Å². The Balaban J connectivity index is 1.26. The summed E-state index contributed by atoms with van der Waals surface area (Å²) >= 11 is 1.58. The largest absolute Gasteiger partial charge is 0.354 e. The first-order valence-corrected chi connectivity index (χ1v) is 12.9. The van der Waals surface area contributed by atoms with Crippen molar-refractivity contribution in [3.63, 3.8) is 0 Å². The van der Waals surface area contributed by atoms with Crippen LogP contribution in [0, 0.1) is 6.92 Å². The standard InChI is InChI=1S/C27H30N4O2S/c1-3-22(26(32)28-14-8-15-30-16-13-19-9-4-5-10-20(19)17-30)31-27(33)24-21-11-6-7-12-23(21)34-25(24)18(2)29-31/h4-7,9-12,22H,3,8,13-17H2,1-2H3,(H,28,32)/t22-/m1/s1. The Bertz CT molecular complexity index is 1410. The quantitative estimate of drug-likeness (QED) is 0.402. The average Bonchev–Trinajstić information content (AvgIpc) is 3.26. The van der Waals surface area contributed by atoms with Gasteiger partial charge in [-0.2, -0.15) is 5.10 Å². The van der Waals surface area contributed by atoms with Gasteiger partial charge < -0.3 is 5.32 Å². The van der Waals surface area contributed by atoms with Crippen molar-refractivity contribution >= 4 is 37.4 Å². The van der Waals surface area contributed by atoms with Crippen molar-refractivity contribution in [1.29, 1.82) is 0 Å². The van der Waals surface area contributed by atoms with Crippen molar-refractivity contribution < 1.29 is 4.79 Å².